The van der Waals surface area contributed by atoms with Crippen LogP contribution in [0.5, 0.6) is 0 Å². The van der Waals surface area contributed by atoms with E-state index in [9.17, 15) is 4.79 Å². The van der Waals surface area contributed by atoms with Crippen molar-refractivity contribution in [2.24, 2.45) is 5.92 Å². The van der Waals surface area contributed by atoms with Crippen molar-refractivity contribution < 1.29 is 4.79 Å². The van der Waals surface area contributed by atoms with Crippen LogP contribution in [0.2, 0.25) is 0 Å². The first-order chi connectivity index (χ1) is 9.84. The van der Waals surface area contributed by atoms with Crippen LogP contribution in [0, 0.1) is 5.92 Å². The lowest BCUT2D eigenvalue weighted by Crippen LogP contribution is -2.35. The van der Waals surface area contributed by atoms with Crippen LogP contribution in [0.3, 0.4) is 0 Å². The SMILES string of the molecule is Cl.O=C(CC1CCNCC1)N1CCCC1c1ccncc1. The van der Waals surface area contributed by atoms with Crippen LogP contribution in [-0.2, 0) is 4.79 Å². The van der Waals surface area contributed by atoms with Gasteiger partial charge in [0.2, 0.25) is 5.91 Å². The number of amides is 1. The minimum absolute atomic E-state index is 0. The molecule has 2 aliphatic rings. The van der Waals surface area contributed by atoms with Crippen LogP contribution < -0.4 is 5.32 Å². The van der Waals surface area contributed by atoms with Crippen LogP contribution >= 0.6 is 12.4 Å². The molecule has 2 aliphatic heterocycles. The summed E-state index contributed by atoms with van der Waals surface area (Å²) in [6, 6.07) is 4.36. The summed E-state index contributed by atoms with van der Waals surface area (Å²) in [5.74, 6) is 0.915. The van der Waals surface area contributed by atoms with Crippen molar-refractivity contribution in [3.05, 3.63) is 30.1 Å². The van der Waals surface area contributed by atoms with E-state index in [1.54, 1.807) is 0 Å². The molecule has 0 saturated carbocycles. The largest absolute Gasteiger partial charge is 0.336 e. The lowest BCUT2D eigenvalue weighted by atomic mass is 9.94. The molecule has 1 atom stereocenters. The molecule has 3 heterocycles. The third-order valence-corrected chi connectivity index (χ3v) is 4.59. The van der Waals surface area contributed by atoms with E-state index < -0.39 is 0 Å². The number of nitrogens with zero attached hydrogens (tertiary/aromatic N) is 2. The Labute approximate surface area is 132 Å². The molecule has 21 heavy (non-hydrogen) atoms. The lowest BCUT2D eigenvalue weighted by molar-refractivity contribution is -0.133. The topological polar surface area (TPSA) is 45.2 Å². The van der Waals surface area contributed by atoms with Gasteiger partial charge in [0, 0.05) is 25.4 Å². The van der Waals surface area contributed by atoms with Gasteiger partial charge in [0.15, 0.2) is 0 Å². The number of nitrogens with one attached hydrogen (secondary N) is 1. The fraction of sp³-hybridized carbons (Fsp3) is 0.625. The first-order valence-electron chi connectivity index (χ1n) is 7.74. The van der Waals surface area contributed by atoms with Gasteiger partial charge in [-0.05, 0) is 62.4 Å². The zero-order valence-electron chi connectivity index (χ0n) is 12.3. The quantitative estimate of drug-likeness (QED) is 0.933. The zero-order chi connectivity index (χ0) is 13.8. The highest BCUT2D eigenvalue weighted by molar-refractivity contribution is 5.85. The first kappa shape index (κ1) is 16.2. The molecular weight excluding hydrogens is 286 g/mol. The maximum absolute atomic E-state index is 12.6. The van der Waals surface area contributed by atoms with Crippen LogP contribution in [0.1, 0.15) is 43.7 Å². The smallest absolute Gasteiger partial charge is 0.223 e. The summed E-state index contributed by atoms with van der Waals surface area (Å²) in [7, 11) is 0. The van der Waals surface area contributed by atoms with Gasteiger partial charge < -0.3 is 10.2 Å². The minimum Gasteiger partial charge on any atom is -0.336 e. The molecule has 1 amide bonds. The Morgan fingerprint density at radius 3 is 2.67 bits per heavy atom. The Hall–Kier alpha value is -1.13. The highest BCUT2D eigenvalue weighted by atomic mass is 35.5. The molecule has 5 heteroatoms. The molecule has 1 N–H and O–H groups in total. The third kappa shape index (κ3) is 3.95. The van der Waals surface area contributed by atoms with Crippen LogP contribution in [-0.4, -0.2) is 35.4 Å². The molecule has 0 aromatic carbocycles. The van der Waals surface area contributed by atoms with Crippen molar-refractivity contribution in [1.82, 2.24) is 15.2 Å². The standard InChI is InChI=1S/C16H23N3O.ClH/c20-16(12-13-3-7-17-8-4-13)19-11-1-2-15(19)14-5-9-18-10-6-14;/h5-6,9-10,13,15,17H,1-4,7-8,11-12H2;1H. The Kier molecular flexibility index (Phi) is 6.00. The van der Waals surface area contributed by atoms with E-state index in [0.29, 0.717) is 11.8 Å². The maximum atomic E-state index is 12.6. The Bertz CT molecular complexity index is 448. The number of carbonyl (C=O) groups is 1. The van der Waals surface area contributed by atoms with Gasteiger partial charge in [0.25, 0.3) is 0 Å². The summed E-state index contributed by atoms with van der Waals surface area (Å²) in [6.07, 6.45) is 8.85. The lowest BCUT2D eigenvalue weighted by Gasteiger charge is -2.28. The number of hydrogen-bond donors (Lipinski definition) is 1. The highest BCUT2D eigenvalue weighted by Crippen LogP contribution is 2.33. The van der Waals surface area contributed by atoms with Gasteiger partial charge in [-0.1, -0.05) is 0 Å². The molecule has 116 valence electrons. The Balaban J connectivity index is 0.00000161. The highest BCUT2D eigenvalue weighted by Gasteiger charge is 2.31. The molecule has 1 aromatic rings. The summed E-state index contributed by atoms with van der Waals surface area (Å²) in [5.41, 5.74) is 1.23. The maximum Gasteiger partial charge on any atom is 0.223 e. The van der Waals surface area contributed by atoms with E-state index in [1.807, 2.05) is 24.5 Å². The summed E-state index contributed by atoms with van der Waals surface area (Å²) in [6.45, 7) is 3.04. The van der Waals surface area contributed by atoms with Crippen molar-refractivity contribution in [2.45, 2.75) is 38.1 Å². The van der Waals surface area contributed by atoms with E-state index in [4.69, 9.17) is 0 Å². The van der Waals surface area contributed by atoms with Crippen LogP contribution in [0.4, 0.5) is 0 Å². The normalized spacial score (nSPS) is 22.9. The van der Waals surface area contributed by atoms with Gasteiger partial charge >= 0.3 is 0 Å². The van der Waals surface area contributed by atoms with Crippen molar-refractivity contribution in [3.8, 4) is 0 Å². The first-order valence-corrected chi connectivity index (χ1v) is 7.74. The number of halogens is 1. The number of pyridine rings is 1. The predicted molar refractivity (Wildman–Crippen MR) is 85.4 cm³/mol. The monoisotopic (exact) mass is 309 g/mol. The van der Waals surface area contributed by atoms with E-state index in [1.165, 1.54) is 5.56 Å². The van der Waals surface area contributed by atoms with Gasteiger partial charge in [-0.2, -0.15) is 0 Å². The summed E-state index contributed by atoms with van der Waals surface area (Å²) >= 11 is 0. The molecule has 0 radical (unpaired) electrons. The molecule has 4 nitrogen and oxygen atoms in total. The number of hydrogen-bond acceptors (Lipinski definition) is 3. The van der Waals surface area contributed by atoms with E-state index in [-0.39, 0.29) is 18.4 Å². The average molecular weight is 310 g/mol. The van der Waals surface area contributed by atoms with Gasteiger partial charge in [-0.25, -0.2) is 0 Å². The van der Waals surface area contributed by atoms with Gasteiger partial charge in [0.1, 0.15) is 0 Å². The minimum atomic E-state index is 0. The number of carbonyl (C=O) groups excluding carboxylic acids is 1. The van der Waals surface area contributed by atoms with Gasteiger partial charge in [0.05, 0.1) is 6.04 Å². The van der Waals surface area contributed by atoms with Gasteiger partial charge in [-0.3, -0.25) is 9.78 Å². The fourth-order valence-electron chi connectivity index (χ4n) is 3.45. The van der Waals surface area contributed by atoms with Gasteiger partial charge in [-0.15, -0.1) is 12.4 Å². The van der Waals surface area contributed by atoms with Crippen LogP contribution in [0.15, 0.2) is 24.5 Å². The van der Waals surface area contributed by atoms with Crippen molar-refractivity contribution in [3.63, 3.8) is 0 Å². The molecule has 2 saturated heterocycles. The molecule has 1 aromatic heterocycles. The summed E-state index contributed by atoms with van der Waals surface area (Å²) < 4.78 is 0. The average Bonchev–Trinajstić information content (AvgIpc) is 2.99. The molecule has 0 bridgehead atoms. The van der Waals surface area contributed by atoms with Crippen LogP contribution in [0.25, 0.3) is 0 Å². The van der Waals surface area contributed by atoms with E-state index in [0.717, 1.165) is 51.7 Å². The molecule has 0 aliphatic carbocycles. The Morgan fingerprint density at radius 2 is 1.95 bits per heavy atom. The van der Waals surface area contributed by atoms with E-state index >= 15 is 0 Å². The number of aromatic nitrogens is 1. The molecule has 3 rings (SSSR count). The predicted octanol–water partition coefficient (Wildman–Crippen LogP) is 2.56. The molecule has 2 fully saturated rings. The van der Waals surface area contributed by atoms with Crippen molar-refractivity contribution >= 4 is 18.3 Å². The second kappa shape index (κ2) is 7.76. The molecular formula is C16H24ClN3O. The zero-order valence-corrected chi connectivity index (χ0v) is 13.1. The molecule has 1 unspecified atom stereocenters. The second-order valence-corrected chi connectivity index (χ2v) is 5.92. The van der Waals surface area contributed by atoms with Crippen molar-refractivity contribution in [1.29, 1.82) is 0 Å². The van der Waals surface area contributed by atoms with Crippen molar-refractivity contribution in [2.75, 3.05) is 19.6 Å². The number of rotatable bonds is 3. The number of likely N-dealkylation sites (tertiary alicyclic amines) is 1. The number of piperidine rings is 1. The summed E-state index contributed by atoms with van der Waals surface area (Å²) in [4.78, 5) is 18.8. The third-order valence-electron chi connectivity index (χ3n) is 4.59. The Morgan fingerprint density at radius 1 is 1.24 bits per heavy atom. The van der Waals surface area contributed by atoms with E-state index in [2.05, 4.69) is 15.2 Å². The fourth-order valence-corrected chi connectivity index (χ4v) is 3.45. The second-order valence-electron chi connectivity index (χ2n) is 5.92. The summed E-state index contributed by atoms with van der Waals surface area (Å²) in [5, 5.41) is 3.36. The molecule has 0 spiro atoms.